The number of carbonyl (C=O) groups excluding carboxylic acids is 1. The summed E-state index contributed by atoms with van der Waals surface area (Å²) in [7, 11) is 0. The molecular formula is C17H19N5O. The van der Waals surface area contributed by atoms with E-state index in [2.05, 4.69) is 19.9 Å². The summed E-state index contributed by atoms with van der Waals surface area (Å²) < 4.78 is 0. The summed E-state index contributed by atoms with van der Waals surface area (Å²) in [5.41, 5.74) is 1.94. The predicted octanol–water partition coefficient (Wildman–Crippen LogP) is 1.95. The second-order valence-electron chi connectivity index (χ2n) is 6.19. The highest BCUT2D eigenvalue weighted by Gasteiger charge is 2.44. The number of aryl methyl sites for hydroxylation is 1. The summed E-state index contributed by atoms with van der Waals surface area (Å²) in [6, 6.07) is 4.28. The lowest BCUT2D eigenvalue weighted by Crippen LogP contribution is -2.53. The molecule has 6 nitrogen and oxygen atoms in total. The molecule has 2 aliphatic rings. The van der Waals surface area contributed by atoms with Crippen molar-refractivity contribution >= 4 is 17.5 Å². The average Bonchev–Trinajstić information content (AvgIpc) is 3.00. The first-order chi connectivity index (χ1) is 11.2. The SMILES string of the molecule is Cc1cnc(N2CC[C@H]3[C@@H]2CCC(=O)N3c2cccnc2)nc1. The van der Waals surface area contributed by atoms with Crippen LogP contribution in [-0.4, -0.2) is 39.5 Å². The van der Waals surface area contributed by atoms with Gasteiger partial charge in [-0.3, -0.25) is 9.78 Å². The van der Waals surface area contributed by atoms with Crippen LogP contribution in [0, 0.1) is 6.92 Å². The number of rotatable bonds is 2. The molecular weight excluding hydrogens is 290 g/mol. The third-order valence-corrected chi connectivity index (χ3v) is 4.71. The number of hydrogen-bond donors (Lipinski definition) is 0. The zero-order valence-corrected chi connectivity index (χ0v) is 13.1. The number of piperidine rings is 1. The molecule has 2 aliphatic heterocycles. The maximum Gasteiger partial charge on any atom is 0.227 e. The van der Waals surface area contributed by atoms with Crippen LogP contribution in [0.4, 0.5) is 11.6 Å². The van der Waals surface area contributed by atoms with Crippen LogP contribution in [0.5, 0.6) is 0 Å². The van der Waals surface area contributed by atoms with Crippen molar-refractivity contribution in [1.82, 2.24) is 15.0 Å². The number of fused-ring (bicyclic) bond motifs is 1. The van der Waals surface area contributed by atoms with Gasteiger partial charge in [-0.25, -0.2) is 9.97 Å². The summed E-state index contributed by atoms with van der Waals surface area (Å²) in [4.78, 5) is 29.7. The van der Waals surface area contributed by atoms with Gasteiger partial charge < -0.3 is 9.80 Å². The van der Waals surface area contributed by atoms with E-state index in [-0.39, 0.29) is 18.0 Å². The van der Waals surface area contributed by atoms with Crippen molar-refractivity contribution in [3.8, 4) is 0 Å². The van der Waals surface area contributed by atoms with E-state index in [1.165, 1.54) is 0 Å². The third-order valence-electron chi connectivity index (χ3n) is 4.71. The van der Waals surface area contributed by atoms with Crippen molar-refractivity contribution in [2.24, 2.45) is 0 Å². The summed E-state index contributed by atoms with van der Waals surface area (Å²) in [6.07, 6.45) is 9.55. The highest BCUT2D eigenvalue weighted by atomic mass is 16.2. The number of aromatic nitrogens is 3. The maximum atomic E-state index is 12.5. The molecule has 23 heavy (non-hydrogen) atoms. The first-order valence-electron chi connectivity index (χ1n) is 8.01. The van der Waals surface area contributed by atoms with Gasteiger partial charge in [0.2, 0.25) is 11.9 Å². The largest absolute Gasteiger partial charge is 0.336 e. The fourth-order valence-corrected chi connectivity index (χ4v) is 3.68. The van der Waals surface area contributed by atoms with Crippen molar-refractivity contribution in [2.75, 3.05) is 16.3 Å². The van der Waals surface area contributed by atoms with E-state index >= 15 is 0 Å². The van der Waals surface area contributed by atoms with Crippen LogP contribution in [0.25, 0.3) is 0 Å². The van der Waals surface area contributed by atoms with Gasteiger partial charge in [0.15, 0.2) is 0 Å². The number of hydrogen-bond acceptors (Lipinski definition) is 5. The molecule has 1 amide bonds. The molecule has 0 bridgehead atoms. The lowest BCUT2D eigenvalue weighted by Gasteiger charge is -2.39. The molecule has 118 valence electrons. The summed E-state index contributed by atoms with van der Waals surface area (Å²) in [5.74, 6) is 0.953. The molecule has 4 heterocycles. The number of pyridine rings is 1. The number of carbonyl (C=O) groups is 1. The van der Waals surface area contributed by atoms with Crippen LogP contribution in [-0.2, 0) is 4.79 Å². The van der Waals surface area contributed by atoms with Crippen molar-refractivity contribution < 1.29 is 4.79 Å². The van der Waals surface area contributed by atoms with Gasteiger partial charge in [0.05, 0.1) is 24.0 Å². The Morgan fingerprint density at radius 3 is 2.70 bits per heavy atom. The van der Waals surface area contributed by atoms with Crippen LogP contribution >= 0.6 is 0 Å². The molecule has 0 N–H and O–H groups in total. The van der Waals surface area contributed by atoms with E-state index in [0.717, 1.165) is 36.6 Å². The van der Waals surface area contributed by atoms with Gasteiger partial charge in [-0.05, 0) is 37.5 Å². The summed E-state index contributed by atoms with van der Waals surface area (Å²) >= 11 is 0. The minimum absolute atomic E-state index is 0.172. The van der Waals surface area contributed by atoms with Crippen LogP contribution in [0.3, 0.4) is 0 Å². The first kappa shape index (κ1) is 14.1. The van der Waals surface area contributed by atoms with Crippen molar-refractivity contribution in [3.05, 3.63) is 42.5 Å². The fourth-order valence-electron chi connectivity index (χ4n) is 3.68. The van der Waals surface area contributed by atoms with Gasteiger partial charge in [0, 0.05) is 31.6 Å². The normalized spacial score (nSPS) is 24.0. The minimum Gasteiger partial charge on any atom is -0.336 e. The lowest BCUT2D eigenvalue weighted by atomic mass is 9.96. The molecule has 2 aromatic rings. The molecule has 2 fully saturated rings. The Bertz CT molecular complexity index is 703. The van der Waals surface area contributed by atoms with Gasteiger partial charge in [-0.2, -0.15) is 0 Å². The molecule has 0 aliphatic carbocycles. The van der Waals surface area contributed by atoms with E-state index in [9.17, 15) is 4.79 Å². The highest BCUT2D eigenvalue weighted by molar-refractivity contribution is 5.95. The second-order valence-corrected chi connectivity index (χ2v) is 6.19. The summed E-state index contributed by atoms with van der Waals surface area (Å²) in [6.45, 7) is 2.86. The molecule has 4 rings (SSSR count). The van der Waals surface area contributed by atoms with Crippen LogP contribution < -0.4 is 9.80 Å². The number of anilines is 2. The molecule has 0 unspecified atom stereocenters. The van der Waals surface area contributed by atoms with E-state index in [1.807, 2.05) is 36.4 Å². The number of amides is 1. The third kappa shape index (κ3) is 2.44. The zero-order valence-electron chi connectivity index (χ0n) is 13.1. The van der Waals surface area contributed by atoms with Gasteiger partial charge in [-0.1, -0.05) is 0 Å². The standard InChI is InChI=1S/C17H19N5O/c1-12-9-19-17(20-10-12)21-8-6-15-14(21)4-5-16(23)22(15)13-3-2-7-18-11-13/h2-3,7,9-11,14-15H,4-6,8H2,1H3/t14-,15-/m0/s1. The van der Waals surface area contributed by atoms with E-state index in [1.54, 1.807) is 12.4 Å². The van der Waals surface area contributed by atoms with Crippen molar-refractivity contribution in [3.63, 3.8) is 0 Å². The van der Waals surface area contributed by atoms with Gasteiger partial charge in [0.25, 0.3) is 0 Å². The Morgan fingerprint density at radius 1 is 1.13 bits per heavy atom. The highest BCUT2D eigenvalue weighted by Crippen LogP contribution is 2.35. The van der Waals surface area contributed by atoms with E-state index in [4.69, 9.17) is 0 Å². The Hall–Kier alpha value is -2.50. The Morgan fingerprint density at radius 2 is 1.96 bits per heavy atom. The molecule has 0 saturated carbocycles. The van der Waals surface area contributed by atoms with Crippen LogP contribution in [0.15, 0.2) is 36.9 Å². The molecule has 6 heteroatoms. The van der Waals surface area contributed by atoms with E-state index in [0.29, 0.717) is 6.42 Å². The zero-order chi connectivity index (χ0) is 15.8. The van der Waals surface area contributed by atoms with Crippen molar-refractivity contribution in [1.29, 1.82) is 0 Å². The van der Waals surface area contributed by atoms with Gasteiger partial charge in [-0.15, -0.1) is 0 Å². The van der Waals surface area contributed by atoms with E-state index < -0.39 is 0 Å². The molecule has 2 aromatic heterocycles. The maximum absolute atomic E-state index is 12.5. The quantitative estimate of drug-likeness (QED) is 0.848. The average molecular weight is 309 g/mol. The Balaban J connectivity index is 1.64. The Labute approximate surface area is 135 Å². The molecule has 0 aromatic carbocycles. The topological polar surface area (TPSA) is 62.2 Å². The Kier molecular flexibility index (Phi) is 3.44. The van der Waals surface area contributed by atoms with Gasteiger partial charge in [0.1, 0.15) is 0 Å². The first-order valence-corrected chi connectivity index (χ1v) is 8.01. The predicted molar refractivity (Wildman–Crippen MR) is 87.3 cm³/mol. The smallest absolute Gasteiger partial charge is 0.227 e. The molecule has 0 spiro atoms. The minimum atomic E-state index is 0.172. The monoisotopic (exact) mass is 309 g/mol. The number of nitrogens with zero attached hydrogens (tertiary/aromatic N) is 5. The van der Waals surface area contributed by atoms with Crippen molar-refractivity contribution in [2.45, 2.75) is 38.3 Å². The molecule has 2 atom stereocenters. The molecule has 0 radical (unpaired) electrons. The van der Waals surface area contributed by atoms with Gasteiger partial charge >= 0.3 is 0 Å². The fraction of sp³-hybridized carbons (Fsp3) is 0.412. The van der Waals surface area contributed by atoms with Crippen LogP contribution in [0.1, 0.15) is 24.8 Å². The summed E-state index contributed by atoms with van der Waals surface area (Å²) in [5, 5.41) is 0. The second kappa shape index (κ2) is 5.61. The lowest BCUT2D eigenvalue weighted by molar-refractivity contribution is -0.120. The molecule has 2 saturated heterocycles. The van der Waals surface area contributed by atoms with Crippen LogP contribution in [0.2, 0.25) is 0 Å².